The van der Waals surface area contributed by atoms with Gasteiger partial charge < -0.3 is 10.6 Å². The molecule has 0 spiro atoms. The molecule has 6 heteroatoms. The molecule has 0 aliphatic rings. The van der Waals surface area contributed by atoms with Gasteiger partial charge in [-0.05, 0) is 31.2 Å². The van der Waals surface area contributed by atoms with Crippen LogP contribution in [0.3, 0.4) is 0 Å². The molecule has 0 saturated heterocycles. The fraction of sp³-hybridized carbons (Fsp3) is 0.0588. The molecule has 0 aliphatic heterocycles. The summed E-state index contributed by atoms with van der Waals surface area (Å²) < 4.78 is 0. The summed E-state index contributed by atoms with van der Waals surface area (Å²) in [5.41, 5.74) is 1.28. The molecule has 2 aromatic rings. The first-order valence-corrected chi connectivity index (χ1v) is 6.73. The maximum absolute atomic E-state index is 11.9. The minimum Gasteiger partial charge on any atom is -0.318 e. The van der Waals surface area contributed by atoms with Crippen molar-refractivity contribution in [2.45, 2.75) is 6.92 Å². The third-order valence-corrected chi connectivity index (χ3v) is 3.03. The van der Waals surface area contributed by atoms with Gasteiger partial charge in [-0.3, -0.25) is 14.4 Å². The monoisotopic (exact) mass is 307 g/mol. The highest BCUT2D eigenvalue weighted by molar-refractivity contribution is 6.43. The van der Waals surface area contributed by atoms with E-state index in [4.69, 9.17) is 5.26 Å². The van der Waals surface area contributed by atoms with E-state index in [0.717, 1.165) is 0 Å². The Morgan fingerprint density at radius 1 is 0.957 bits per heavy atom. The lowest BCUT2D eigenvalue weighted by Gasteiger charge is -2.08. The molecule has 0 heterocycles. The molecule has 0 radical (unpaired) electrons. The molecule has 23 heavy (non-hydrogen) atoms. The number of nitriles is 1. The number of hydrogen-bond donors (Lipinski definition) is 2. The van der Waals surface area contributed by atoms with Crippen LogP contribution in [0.4, 0.5) is 11.4 Å². The molecule has 0 aromatic heterocycles. The highest BCUT2D eigenvalue weighted by Crippen LogP contribution is 2.14. The number of hydrogen-bond acceptors (Lipinski definition) is 4. The van der Waals surface area contributed by atoms with Gasteiger partial charge >= 0.3 is 11.8 Å². The molecule has 0 unspecified atom stereocenters. The standard InChI is InChI=1S/C17H13N3O3/c1-11(21)12-6-4-7-14(9-12)19-16(22)17(23)20-15-8-3-2-5-13(15)10-18/h2-9H,1H3,(H,19,22)(H,20,23). The minimum absolute atomic E-state index is 0.145. The Morgan fingerprint density at radius 3 is 2.35 bits per heavy atom. The summed E-state index contributed by atoms with van der Waals surface area (Å²) in [7, 11) is 0. The molecular formula is C17H13N3O3. The van der Waals surface area contributed by atoms with Crippen molar-refractivity contribution >= 4 is 29.0 Å². The van der Waals surface area contributed by atoms with E-state index in [0.29, 0.717) is 11.3 Å². The number of nitrogens with one attached hydrogen (secondary N) is 2. The molecule has 0 fully saturated rings. The Hall–Kier alpha value is -3.46. The summed E-state index contributed by atoms with van der Waals surface area (Å²) in [4.78, 5) is 35.1. The molecule has 2 rings (SSSR count). The lowest BCUT2D eigenvalue weighted by molar-refractivity contribution is -0.133. The van der Waals surface area contributed by atoms with Crippen molar-refractivity contribution in [2.24, 2.45) is 0 Å². The van der Waals surface area contributed by atoms with Crippen LogP contribution in [-0.2, 0) is 9.59 Å². The molecule has 2 aromatic carbocycles. The van der Waals surface area contributed by atoms with Gasteiger partial charge in [0.05, 0.1) is 11.3 Å². The van der Waals surface area contributed by atoms with Crippen LogP contribution in [0.2, 0.25) is 0 Å². The molecule has 114 valence electrons. The first-order valence-electron chi connectivity index (χ1n) is 6.73. The smallest absolute Gasteiger partial charge is 0.314 e. The average Bonchev–Trinajstić information content (AvgIpc) is 2.55. The Bertz CT molecular complexity index is 822. The summed E-state index contributed by atoms with van der Waals surface area (Å²) in [6.07, 6.45) is 0. The predicted molar refractivity (Wildman–Crippen MR) is 84.9 cm³/mol. The van der Waals surface area contributed by atoms with E-state index >= 15 is 0 Å². The maximum atomic E-state index is 11.9. The Balaban J connectivity index is 2.09. The number of nitrogens with zero attached hydrogens (tertiary/aromatic N) is 1. The van der Waals surface area contributed by atoms with Crippen LogP contribution in [0.5, 0.6) is 0 Å². The fourth-order valence-electron chi connectivity index (χ4n) is 1.87. The van der Waals surface area contributed by atoms with Crippen molar-refractivity contribution in [2.75, 3.05) is 10.6 Å². The SMILES string of the molecule is CC(=O)c1cccc(NC(=O)C(=O)Nc2ccccc2C#N)c1. The number of ketones is 1. The van der Waals surface area contributed by atoms with Crippen molar-refractivity contribution in [1.29, 1.82) is 5.26 Å². The second kappa shape index (κ2) is 7.00. The summed E-state index contributed by atoms with van der Waals surface area (Å²) in [6.45, 7) is 1.41. The lowest BCUT2D eigenvalue weighted by atomic mass is 10.1. The highest BCUT2D eigenvalue weighted by atomic mass is 16.2. The van der Waals surface area contributed by atoms with Crippen LogP contribution >= 0.6 is 0 Å². The summed E-state index contributed by atoms with van der Waals surface area (Å²) >= 11 is 0. The first kappa shape index (κ1) is 15.9. The number of benzene rings is 2. The zero-order valence-corrected chi connectivity index (χ0v) is 12.3. The van der Waals surface area contributed by atoms with Gasteiger partial charge in [0.25, 0.3) is 0 Å². The van der Waals surface area contributed by atoms with E-state index < -0.39 is 11.8 Å². The van der Waals surface area contributed by atoms with E-state index in [2.05, 4.69) is 10.6 Å². The largest absolute Gasteiger partial charge is 0.318 e. The van der Waals surface area contributed by atoms with Crippen LogP contribution in [0.15, 0.2) is 48.5 Å². The van der Waals surface area contributed by atoms with Gasteiger partial charge in [-0.15, -0.1) is 0 Å². The maximum Gasteiger partial charge on any atom is 0.314 e. The first-order chi connectivity index (χ1) is 11.0. The van der Waals surface area contributed by atoms with Crippen molar-refractivity contribution in [3.8, 4) is 6.07 Å². The number of carbonyl (C=O) groups is 3. The third-order valence-electron chi connectivity index (χ3n) is 3.03. The van der Waals surface area contributed by atoms with Crippen LogP contribution in [-0.4, -0.2) is 17.6 Å². The Labute approximate surface area is 132 Å². The number of rotatable bonds is 3. The second-order valence-corrected chi connectivity index (χ2v) is 4.70. The van der Waals surface area contributed by atoms with Gasteiger partial charge in [0, 0.05) is 11.3 Å². The molecular weight excluding hydrogens is 294 g/mol. The van der Waals surface area contributed by atoms with Gasteiger partial charge in [-0.2, -0.15) is 5.26 Å². The fourth-order valence-corrected chi connectivity index (χ4v) is 1.87. The van der Waals surface area contributed by atoms with Crippen molar-refractivity contribution in [3.05, 3.63) is 59.7 Å². The number of anilines is 2. The van der Waals surface area contributed by atoms with E-state index in [1.807, 2.05) is 6.07 Å². The molecule has 6 nitrogen and oxygen atoms in total. The minimum atomic E-state index is -0.902. The molecule has 2 N–H and O–H groups in total. The van der Waals surface area contributed by atoms with Crippen LogP contribution < -0.4 is 10.6 Å². The van der Waals surface area contributed by atoms with Crippen molar-refractivity contribution in [3.63, 3.8) is 0 Å². The molecule has 0 aliphatic carbocycles. The van der Waals surface area contributed by atoms with Crippen LogP contribution in [0, 0.1) is 11.3 Å². The van der Waals surface area contributed by atoms with E-state index in [9.17, 15) is 14.4 Å². The number of Topliss-reactive ketones (excluding diaryl/α,β-unsaturated/α-hetero) is 1. The van der Waals surface area contributed by atoms with Crippen LogP contribution in [0.25, 0.3) is 0 Å². The molecule has 0 bridgehead atoms. The van der Waals surface area contributed by atoms with Gasteiger partial charge in [-0.25, -0.2) is 0 Å². The molecule has 2 amide bonds. The zero-order valence-electron chi connectivity index (χ0n) is 12.3. The van der Waals surface area contributed by atoms with E-state index in [1.165, 1.54) is 25.1 Å². The van der Waals surface area contributed by atoms with Crippen molar-refractivity contribution < 1.29 is 14.4 Å². The van der Waals surface area contributed by atoms with Gasteiger partial charge in [0.15, 0.2) is 5.78 Å². The Kier molecular flexibility index (Phi) is 4.85. The number of para-hydroxylation sites is 1. The molecule has 0 saturated carbocycles. The summed E-state index contributed by atoms with van der Waals surface area (Å²) in [5.74, 6) is -1.94. The summed E-state index contributed by atoms with van der Waals surface area (Å²) in [5, 5.41) is 13.7. The lowest BCUT2D eigenvalue weighted by Crippen LogP contribution is -2.29. The van der Waals surface area contributed by atoms with Gasteiger partial charge in [-0.1, -0.05) is 24.3 Å². The van der Waals surface area contributed by atoms with E-state index in [1.54, 1.807) is 30.3 Å². The highest BCUT2D eigenvalue weighted by Gasteiger charge is 2.15. The van der Waals surface area contributed by atoms with Gasteiger partial charge in [0.2, 0.25) is 0 Å². The molecule has 0 atom stereocenters. The van der Waals surface area contributed by atoms with Gasteiger partial charge in [0.1, 0.15) is 6.07 Å². The normalized spacial score (nSPS) is 9.57. The zero-order chi connectivity index (χ0) is 16.8. The Morgan fingerprint density at radius 2 is 1.65 bits per heavy atom. The average molecular weight is 307 g/mol. The van der Waals surface area contributed by atoms with Crippen LogP contribution in [0.1, 0.15) is 22.8 Å². The topological polar surface area (TPSA) is 99.1 Å². The predicted octanol–water partition coefficient (Wildman–Crippen LogP) is 2.34. The van der Waals surface area contributed by atoms with Crippen molar-refractivity contribution in [1.82, 2.24) is 0 Å². The summed E-state index contributed by atoms with van der Waals surface area (Å²) in [6, 6.07) is 14.6. The third kappa shape index (κ3) is 4.02. The second-order valence-electron chi connectivity index (χ2n) is 4.70. The quantitative estimate of drug-likeness (QED) is 0.671. The number of amides is 2. The number of carbonyl (C=O) groups excluding carboxylic acids is 3. The van der Waals surface area contributed by atoms with E-state index in [-0.39, 0.29) is 17.0 Å².